The Morgan fingerprint density at radius 3 is 3.14 bits per heavy atom. The fourth-order valence-corrected chi connectivity index (χ4v) is 1.81. The summed E-state index contributed by atoms with van der Waals surface area (Å²) in [6, 6.07) is 3.22. The molecule has 0 bridgehead atoms. The van der Waals surface area contributed by atoms with E-state index in [4.69, 9.17) is 5.11 Å². The number of hydrogen-bond acceptors (Lipinski definition) is 3. The molecule has 0 aromatic carbocycles. The van der Waals surface area contributed by atoms with E-state index >= 15 is 0 Å². The minimum Gasteiger partial charge on any atom is -0.396 e. The zero-order chi connectivity index (χ0) is 9.97. The second kappa shape index (κ2) is 3.92. The van der Waals surface area contributed by atoms with Gasteiger partial charge in [-0.2, -0.15) is 4.39 Å². The van der Waals surface area contributed by atoms with Gasteiger partial charge < -0.3 is 10.0 Å². The zero-order valence-corrected chi connectivity index (χ0v) is 7.86. The number of halogens is 1. The number of hydrogen-bond donors (Lipinski definition) is 1. The Morgan fingerprint density at radius 1 is 1.64 bits per heavy atom. The molecular formula is C10H13FN2O. The first kappa shape index (κ1) is 9.40. The van der Waals surface area contributed by atoms with E-state index in [1.54, 1.807) is 6.07 Å². The van der Waals surface area contributed by atoms with Crippen molar-refractivity contribution in [3.8, 4) is 0 Å². The molecule has 2 rings (SSSR count). The minimum atomic E-state index is -0.449. The molecule has 1 aliphatic rings. The summed E-state index contributed by atoms with van der Waals surface area (Å²) in [4.78, 5) is 5.58. The molecule has 0 saturated carbocycles. The molecule has 4 heteroatoms. The summed E-state index contributed by atoms with van der Waals surface area (Å²) in [7, 11) is 0. The van der Waals surface area contributed by atoms with Gasteiger partial charge in [-0.3, -0.25) is 0 Å². The van der Waals surface area contributed by atoms with E-state index in [1.165, 1.54) is 12.3 Å². The lowest BCUT2D eigenvalue weighted by Crippen LogP contribution is -2.20. The Kier molecular flexibility index (Phi) is 2.63. The minimum absolute atomic E-state index is 0.212. The van der Waals surface area contributed by atoms with E-state index in [0.29, 0.717) is 5.92 Å². The topological polar surface area (TPSA) is 36.4 Å². The molecular weight excluding hydrogens is 183 g/mol. The molecule has 0 unspecified atom stereocenters. The monoisotopic (exact) mass is 196 g/mol. The predicted octanol–water partition coefficient (Wildman–Crippen LogP) is 1.04. The number of aliphatic hydroxyl groups excluding tert-OH is 1. The average Bonchev–Trinajstić information content (AvgIpc) is 2.66. The quantitative estimate of drug-likeness (QED) is 0.718. The van der Waals surface area contributed by atoms with Crippen molar-refractivity contribution >= 4 is 5.69 Å². The third-order valence-corrected chi connectivity index (χ3v) is 2.62. The van der Waals surface area contributed by atoms with Gasteiger partial charge in [-0.05, 0) is 12.5 Å². The lowest BCUT2D eigenvalue weighted by Gasteiger charge is -2.17. The first-order chi connectivity index (χ1) is 6.79. The van der Waals surface area contributed by atoms with E-state index in [9.17, 15) is 4.39 Å². The fourth-order valence-electron chi connectivity index (χ4n) is 1.81. The maximum Gasteiger partial charge on any atom is 0.214 e. The molecule has 3 nitrogen and oxygen atoms in total. The highest BCUT2D eigenvalue weighted by Crippen LogP contribution is 2.23. The van der Waals surface area contributed by atoms with Crippen LogP contribution in [0.15, 0.2) is 18.3 Å². The number of nitrogens with zero attached hydrogens (tertiary/aromatic N) is 2. The van der Waals surface area contributed by atoms with Crippen LogP contribution in [-0.2, 0) is 0 Å². The molecule has 1 aromatic heterocycles. The Hall–Kier alpha value is -1.16. The summed E-state index contributed by atoms with van der Waals surface area (Å²) >= 11 is 0. The average molecular weight is 196 g/mol. The maximum absolute atomic E-state index is 12.8. The third kappa shape index (κ3) is 1.85. The molecule has 1 fully saturated rings. The molecule has 1 aliphatic heterocycles. The summed E-state index contributed by atoms with van der Waals surface area (Å²) in [5.41, 5.74) is 0.855. The van der Waals surface area contributed by atoms with Gasteiger partial charge in [0.15, 0.2) is 0 Å². The predicted molar refractivity (Wildman–Crippen MR) is 51.6 cm³/mol. The van der Waals surface area contributed by atoms with E-state index < -0.39 is 5.95 Å². The summed E-state index contributed by atoms with van der Waals surface area (Å²) in [6.45, 7) is 1.90. The molecule has 0 aliphatic carbocycles. The summed E-state index contributed by atoms with van der Waals surface area (Å²) in [6.07, 6.45) is 2.44. The van der Waals surface area contributed by atoms with Crippen LogP contribution in [0.25, 0.3) is 0 Å². The Labute approximate surface area is 82.2 Å². The van der Waals surface area contributed by atoms with Crippen LogP contribution in [0.4, 0.5) is 10.1 Å². The molecule has 1 N–H and O–H groups in total. The molecule has 0 radical (unpaired) electrons. The molecule has 14 heavy (non-hydrogen) atoms. The highest BCUT2D eigenvalue weighted by molar-refractivity contribution is 5.45. The van der Waals surface area contributed by atoms with E-state index in [0.717, 1.165) is 25.2 Å². The molecule has 0 amide bonds. The van der Waals surface area contributed by atoms with Gasteiger partial charge >= 0.3 is 0 Å². The van der Waals surface area contributed by atoms with Crippen molar-refractivity contribution in [3.05, 3.63) is 24.3 Å². The van der Waals surface area contributed by atoms with Crippen LogP contribution >= 0.6 is 0 Å². The molecule has 2 heterocycles. The largest absolute Gasteiger partial charge is 0.396 e. The molecule has 0 spiro atoms. The first-order valence-electron chi connectivity index (χ1n) is 4.77. The van der Waals surface area contributed by atoms with E-state index in [-0.39, 0.29) is 6.61 Å². The highest BCUT2D eigenvalue weighted by atomic mass is 19.1. The number of anilines is 1. The standard InChI is InChI=1S/C10H13FN2O/c11-10-5-9(1-3-12-10)13-4-2-8(6-13)7-14/h1,3,5,8,14H,2,4,6-7H2/t8-/m1/s1. The Balaban J connectivity index is 2.09. The number of rotatable bonds is 2. The molecule has 1 saturated heterocycles. The van der Waals surface area contributed by atoms with Crippen LogP contribution in [0.1, 0.15) is 6.42 Å². The molecule has 1 atom stereocenters. The summed E-state index contributed by atoms with van der Waals surface area (Å²) in [5.74, 6) is -0.124. The van der Waals surface area contributed by atoms with E-state index in [1.807, 2.05) is 0 Å². The van der Waals surface area contributed by atoms with Crippen molar-refractivity contribution in [2.75, 3.05) is 24.6 Å². The number of aliphatic hydroxyl groups is 1. The van der Waals surface area contributed by atoms with Gasteiger partial charge in [0.1, 0.15) is 0 Å². The second-order valence-electron chi connectivity index (χ2n) is 3.62. The lowest BCUT2D eigenvalue weighted by atomic mass is 10.1. The van der Waals surface area contributed by atoms with Gasteiger partial charge in [0, 0.05) is 43.6 Å². The Morgan fingerprint density at radius 2 is 2.50 bits per heavy atom. The van der Waals surface area contributed by atoms with Crippen LogP contribution in [0, 0.1) is 11.9 Å². The summed E-state index contributed by atoms with van der Waals surface area (Å²) in [5, 5.41) is 8.97. The van der Waals surface area contributed by atoms with Crippen molar-refractivity contribution in [2.24, 2.45) is 5.92 Å². The maximum atomic E-state index is 12.8. The van der Waals surface area contributed by atoms with Crippen LogP contribution in [0.5, 0.6) is 0 Å². The van der Waals surface area contributed by atoms with Crippen molar-refractivity contribution in [3.63, 3.8) is 0 Å². The summed E-state index contributed by atoms with van der Waals surface area (Å²) < 4.78 is 12.8. The van der Waals surface area contributed by atoms with Gasteiger partial charge in [0.05, 0.1) is 0 Å². The Bertz CT molecular complexity index is 319. The molecule has 1 aromatic rings. The SMILES string of the molecule is OC[C@@H]1CCN(c2ccnc(F)c2)C1. The van der Waals surface area contributed by atoms with Crippen LogP contribution in [0.2, 0.25) is 0 Å². The van der Waals surface area contributed by atoms with Gasteiger partial charge in [0.2, 0.25) is 5.95 Å². The van der Waals surface area contributed by atoms with Crippen molar-refractivity contribution in [2.45, 2.75) is 6.42 Å². The highest BCUT2D eigenvalue weighted by Gasteiger charge is 2.21. The van der Waals surface area contributed by atoms with Gasteiger partial charge in [-0.1, -0.05) is 0 Å². The van der Waals surface area contributed by atoms with Gasteiger partial charge in [-0.25, -0.2) is 4.98 Å². The number of pyridine rings is 1. The number of aromatic nitrogens is 1. The first-order valence-corrected chi connectivity index (χ1v) is 4.77. The molecule has 76 valence electrons. The van der Waals surface area contributed by atoms with Gasteiger partial charge in [0.25, 0.3) is 0 Å². The van der Waals surface area contributed by atoms with Crippen LogP contribution in [-0.4, -0.2) is 29.8 Å². The fraction of sp³-hybridized carbons (Fsp3) is 0.500. The zero-order valence-electron chi connectivity index (χ0n) is 7.86. The third-order valence-electron chi connectivity index (χ3n) is 2.62. The lowest BCUT2D eigenvalue weighted by molar-refractivity contribution is 0.238. The van der Waals surface area contributed by atoms with Crippen LogP contribution < -0.4 is 4.90 Å². The smallest absolute Gasteiger partial charge is 0.214 e. The van der Waals surface area contributed by atoms with E-state index in [2.05, 4.69) is 9.88 Å². The second-order valence-corrected chi connectivity index (χ2v) is 3.62. The van der Waals surface area contributed by atoms with Crippen molar-refractivity contribution < 1.29 is 9.50 Å². The van der Waals surface area contributed by atoms with Crippen molar-refractivity contribution in [1.29, 1.82) is 0 Å². The normalized spacial score (nSPS) is 21.6. The van der Waals surface area contributed by atoms with Crippen LogP contribution in [0.3, 0.4) is 0 Å². The van der Waals surface area contributed by atoms with Crippen molar-refractivity contribution in [1.82, 2.24) is 4.98 Å². The van der Waals surface area contributed by atoms with Gasteiger partial charge in [-0.15, -0.1) is 0 Å².